The van der Waals surface area contributed by atoms with Crippen LogP contribution in [0.5, 0.6) is 0 Å². The number of para-hydroxylation sites is 1. The van der Waals surface area contributed by atoms with Gasteiger partial charge in [0.2, 0.25) is 0 Å². The average Bonchev–Trinajstić information content (AvgIpc) is 3.56. The summed E-state index contributed by atoms with van der Waals surface area (Å²) in [6.45, 7) is 0.586. The van der Waals surface area contributed by atoms with E-state index in [-0.39, 0.29) is 5.91 Å². The normalized spacial score (nSPS) is 14.0. The van der Waals surface area contributed by atoms with E-state index in [1.165, 1.54) is 25.7 Å². The maximum Gasteiger partial charge on any atom is 0.252 e. The van der Waals surface area contributed by atoms with Crippen LogP contribution in [-0.4, -0.2) is 38.5 Å². The number of hydrogen-bond donors (Lipinski definition) is 1. The second-order valence-electron chi connectivity index (χ2n) is 8.71. The molecule has 0 saturated heterocycles. The first-order chi connectivity index (χ1) is 16.7. The van der Waals surface area contributed by atoms with Crippen molar-refractivity contribution in [3.8, 4) is 11.3 Å². The van der Waals surface area contributed by atoms with Crippen LogP contribution in [0.1, 0.15) is 54.3 Å². The van der Waals surface area contributed by atoms with E-state index in [9.17, 15) is 4.79 Å². The zero-order valence-corrected chi connectivity index (χ0v) is 20.2. The molecule has 6 nitrogen and oxygen atoms in total. The van der Waals surface area contributed by atoms with Crippen LogP contribution in [0.4, 0.5) is 0 Å². The van der Waals surface area contributed by atoms with Gasteiger partial charge in [-0.3, -0.25) is 4.79 Å². The third kappa shape index (κ3) is 4.71. The van der Waals surface area contributed by atoms with Gasteiger partial charge < -0.3 is 9.88 Å². The van der Waals surface area contributed by atoms with Crippen molar-refractivity contribution < 1.29 is 4.79 Å². The van der Waals surface area contributed by atoms with Crippen LogP contribution in [-0.2, 0) is 6.42 Å². The van der Waals surface area contributed by atoms with Crippen LogP contribution < -0.4 is 5.32 Å². The van der Waals surface area contributed by atoms with Crippen LogP contribution in [0.25, 0.3) is 22.2 Å². The Kier molecular flexibility index (Phi) is 6.90. The van der Waals surface area contributed by atoms with Gasteiger partial charge in [-0.15, -0.1) is 10.2 Å². The Labute approximate surface area is 204 Å². The quantitative estimate of drug-likeness (QED) is 0.264. The average molecular weight is 472 g/mol. The van der Waals surface area contributed by atoms with Crippen molar-refractivity contribution in [1.82, 2.24) is 25.1 Å². The first kappa shape index (κ1) is 22.6. The summed E-state index contributed by atoms with van der Waals surface area (Å²) in [4.78, 5) is 18.0. The summed E-state index contributed by atoms with van der Waals surface area (Å²) >= 11 is 1.66. The molecule has 1 fully saturated rings. The van der Waals surface area contributed by atoms with E-state index in [1.54, 1.807) is 11.8 Å². The van der Waals surface area contributed by atoms with Crippen molar-refractivity contribution in [3.63, 3.8) is 0 Å². The summed E-state index contributed by atoms with van der Waals surface area (Å²) in [7, 11) is 0. The van der Waals surface area contributed by atoms with Gasteiger partial charge >= 0.3 is 0 Å². The number of aromatic nitrogens is 4. The van der Waals surface area contributed by atoms with E-state index >= 15 is 0 Å². The number of benzene rings is 2. The Hall–Kier alpha value is -3.19. The molecule has 2 aromatic heterocycles. The third-order valence-corrected chi connectivity index (χ3v) is 7.14. The summed E-state index contributed by atoms with van der Waals surface area (Å²) in [6.07, 6.45) is 8.63. The predicted molar refractivity (Wildman–Crippen MR) is 137 cm³/mol. The number of nitrogens with one attached hydrogen (secondary N) is 1. The standard InChI is InChI=1S/C27H29N5OS/c1-34-27-31-30-25(32(27)20-12-5-6-13-20)16-9-17-28-26(33)22-18-24(19-10-3-2-4-11-19)29-23-15-8-7-14-21(22)23/h2-4,7-8,10-11,14-15,18,20H,5-6,9,12-13,16-17H2,1H3,(H,28,33). The molecule has 0 spiro atoms. The Bertz CT molecular complexity index is 1280. The minimum absolute atomic E-state index is 0.0714. The lowest BCUT2D eigenvalue weighted by molar-refractivity contribution is 0.0954. The fourth-order valence-corrected chi connectivity index (χ4v) is 5.38. The fourth-order valence-electron chi connectivity index (χ4n) is 4.81. The maximum absolute atomic E-state index is 13.2. The smallest absolute Gasteiger partial charge is 0.252 e. The Balaban J connectivity index is 1.29. The van der Waals surface area contributed by atoms with Crippen molar-refractivity contribution in [3.05, 3.63) is 72.1 Å². The molecule has 7 heteroatoms. The molecule has 4 aromatic rings. The first-order valence-corrected chi connectivity index (χ1v) is 13.2. The summed E-state index contributed by atoms with van der Waals surface area (Å²) < 4.78 is 2.34. The van der Waals surface area contributed by atoms with Gasteiger partial charge in [0.05, 0.1) is 16.8 Å². The molecule has 0 aliphatic heterocycles. The van der Waals surface area contributed by atoms with Crippen molar-refractivity contribution >= 4 is 28.6 Å². The van der Waals surface area contributed by atoms with Crippen molar-refractivity contribution in [2.75, 3.05) is 12.8 Å². The minimum Gasteiger partial charge on any atom is -0.352 e. The molecule has 1 aliphatic rings. The molecule has 0 atom stereocenters. The Morgan fingerprint density at radius 1 is 1.06 bits per heavy atom. The second kappa shape index (κ2) is 10.4. The van der Waals surface area contributed by atoms with E-state index in [0.29, 0.717) is 18.2 Å². The maximum atomic E-state index is 13.2. The van der Waals surface area contributed by atoms with Gasteiger partial charge in [0.15, 0.2) is 5.16 Å². The lowest BCUT2D eigenvalue weighted by Crippen LogP contribution is -2.25. The molecule has 34 heavy (non-hydrogen) atoms. The number of nitrogens with zero attached hydrogens (tertiary/aromatic N) is 4. The van der Waals surface area contributed by atoms with Crippen molar-refractivity contribution in [2.45, 2.75) is 49.7 Å². The number of fused-ring (bicyclic) bond motifs is 1. The van der Waals surface area contributed by atoms with Gasteiger partial charge in [-0.2, -0.15) is 0 Å². The zero-order chi connectivity index (χ0) is 23.3. The number of pyridine rings is 1. The molecule has 1 saturated carbocycles. The summed E-state index contributed by atoms with van der Waals surface area (Å²) in [5, 5.41) is 13.8. The number of thioether (sulfide) groups is 1. The van der Waals surface area contributed by atoms with Gasteiger partial charge in [0.1, 0.15) is 5.82 Å². The molecule has 0 unspecified atom stereocenters. The molecular weight excluding hydrogens is 442 g/mol. The molecule has 1 N–H and O–H groups in total. The Morgan fingerprint density at radius 3 is 2.62 bits per heavy atom. The van der Waals surface area contributed by atoms with Gasteiger partial charge in [-0.25, -0.2) is 4.98 Å². The monoisotopic (exact) mass is 471 g/mol. The van der Waals surface area contributed by atoms with E-state index in [1.807, 2.05) is 60.7 Å². The van der Waals surface area contributed by atoms with E-state index < -0.39 is 0 Å². The minimum atomic E-state index is -0.0714. The number of hydrogen-bond acceptors (Lipinski definition) is 5. The van der Waals surface area contributed by atoms with E-state index in [4.69, 9.17) is 4.98 Å². The predicted octanol–water partition coefficient (Wildman–Crippen LogP) is 5.69. The highest BCUT2D eigenvalue weighted by Crippen LogP contribution is 2.33. The highest BCUT2D eigenvalue weighted by molar-refractivity contribution is 7.98. The first-order valence-electron chi connectivity index (χ1n) is 12.0. The highest BCUT2D eigenvalue weighted by Gasteiger charge is 2.23. The van der Waals surface area contributed by atoms with Crippen molar-refractivity contribution in [1.29, 1.82) is 0 Å². The van der Waals surface area contributed by atoms with Crippen LogP contribution in [0.2, 0.25) is 0 Å². The zero-order valence-electron chi connectivity index (χ0n) is 19.4. The summed E-state index contributed by atoms with van der Waals surface area (Å²) in [5.74, 6) is 0.962. The summed E-state index contributed by atoms with van der Waals surface area (Å²) in [5.41, 5.74) is 3.28. The largest absolute Gasteiger partial charge is 0.352 e. The SMILES string of the molecule is CSc1nnc(CCCNC(=O)c2cc(-c3ccccc3)nc3ccccc23)n1C1CCCC1. The number of rotatable bonds is 8. The van der Waals surface area contributed by atoms with Crippen LogP contribution in [0.3, 0.4) is 0 Å². The molecular formula is C27H29N5OS. The summed E-state index contributed by atoms with van der Waals surface area (Å²) in [6, 6.07) is 20.2. The molecule has 2 heterocycles. The van der Waals surface area contributed by atoms with Gasteiger partial charge in [-0.1, -0.05) is 73.1 Å². The molecule has 5 rings (SSSR count). The Morgan fingerprint density at radius 2 is 1.82 bits per heavy atom. The van der Waals surface area contributed by atoms with Crippen molar-refractivity contribution in [2.24, 2.45) is 0 Å². The van der Waals surface area contributed by atoms with E-state index in [0.717, 1.165) is 46.0 Å². The van der Waals surface area contributed by atoms with Gasteiger partial charge in [0, 0.05) is 30.0 Å². The van der Waals surface area contributed by atoms with Crippen LogP contribution in [0.15, 0.2) is 65.8 Å². The van der Waals surface area contributed by atoms with E-state index in [2.05, 4.69) is 26.3 Å². The number of carbonyl (C=O) groups excluding carboxylic acids is 1. The second-order valence-corrected chi connectivity index (χ2v) is 9.48. The lowest BCUT2D eigenvalue weighted by Gasteiger charge is -2.16. The van der Waals surface area contributed by atoms with Gasteiger partial charge in [-0.05, 0) is 37.7 Å². The molecule has 174 valence electrons. The highest BCUT2D eigenvalue weighted by atomic mass is 32.2. The number of aryl methyl sites for hydroxylation is 1. The third-order valence-electron chi connectivity index (χ3n) is 6.50. The van der Waals surface area contributed by atoms with Crippen LogP contribution in [0, 0.1) is 0 Å². The fraction of sp³-hybridized carbons (Fsp3) is 0.333. The number of amides is 1. The molecule has 0 bridgehead atoms. The molecule has 0 radical (unpaired) electrons. The molecule has 1 aliphatic carbocycles. The molecule has 2 aromatic carbocycles. The topological polar surface area (TPSA) is 72.7 Å². The van der Waals surface area contributed by atoms with Crippen LogP contribution >= 0.6 is 11.8 Å². The lowest BCUT2D eigenvalue weighted by atomic mass is 10.0. The molecule has 1 amide bonds. The van der Waals surface area contributed by atoms with Gasteiger partial charge in [0.25, 0.3) is 5.91 Å². The number of carbonyl (C=O) groups is 1.